The number of anilines is 1. The summed E-state index contributed by atoms with van der Waals surface area (Å²) >= 11 is 1.48. The van der Waals surface area contributed by atoms with Crippen molar-refractivity contribution in [3.8, 4) is 0 Å². The second-order valence-electron chi connectivity index (χ2n) is 7.47. The Labute approximate surface area is 190 Å². The van der Waals surface area contributed by atoms with Gasteiger partial charge in [0.2, 0.25) is 5.91 Å². The molecule has 7 heteroatoms. The average Bonchev–Trinajstić information content (AvgIpc) is 3.24. The molecular weight excluding hydrogens is 420 g/mol. The summed E-state index contributed by atoms with van der Waals surface area (Å²) in [7, 11) is 0. The molecule has 0 saturated carbocycles. The van der Waals surface area contributed by atoms with Crippen LogP contribution >= 0.6 is 11.3 Å². The highest BCUT2D eigenvalue weighted by Crippen LogP contribution is 2.28. The Morgan fingerprint density at radius 3 is 2.06 bits per heavy atom. The Morgan fingerprint density at radius 1 is 0.844 bits per heavy atom. The molecule has 4 rings (SSSR count). The molecule has 0 bridgehead atoms. The van der Waals surface area contributed by atoms with Gasteiger partial charge in [0.25, 0.3) is 5.91 Å². The van der Waals surface area contributed by atoms with Crippen LogP contribution in [-0.2, 0) is 9.59 Å². The van der Waals surface area contributed by atoms with Crippen molar-refractivity contribution < 1.29 is 9.59 Å². The minimum atomic E-state index is -0.560. The Kier molecular flexibility index (Phi) is 6.77. The predicted molar refractivity (Wildman–Crippen MR) is 128 cm³/mol. The van der Waals surface area contributed by atoms with Crippen molar-refractivity contribution in [2.45, 2.75) is 25.3 Å². The van der Waals surface area contributed by atoms with E-state index in [0.717, 1.165) is 21.3 Å². The number of carbonyl (C=O) groups excluding carboxylic acids is 2. The van der Waals surface area contributed by atoms with E-state index in [1.165, 1.54) is 11.3 Å². The van der Waals surface area contributed by atoms with E-state index in [2.05, 4.69) is 21.2 Å². The lowest BCUT2D eigenvalue weighted by Crippen LogP contribution is -2.48. The summed E-state index contributed by atoms with van der Waals surface area (Å²) in [6.45, 7) is 1.73. The Hall–Kier alpha value is -3.71. The highest BCUT2D eigenvalue weighted by Gasteiger charge is 2.20. The molecule has 0 fully saturated rings. The molecule has 3 aromatic carbocycles. The summed E-state index contributed by atoms with van der Waals surface area (Å²) in [5.74, 6) is -0.704. The summed E-state index contributed by atoms with van der Waals surface area (Å²) in [5.41, 5.74) is 8.05. The molecule has 0 aliphatic carbocycles. The van der Waals surface area contributed by atoms with Gasteiger partial charge in [-0.2, -0.15) is 0 Å². The molecule has 2 amide bonds. The summed E-state index contributed by atoms with van der Waals surface area (Å²) < 4.78 is 1.05. The van der Waals surface area contributed by atoms with Crippen LogP contribution in [-0.4, -0.2) is 22.8 Å². The molecule has 1 atom stereocenters. The van der Waals surface area contributed by atoms with Gasteiger partial charge in [0.05, 0.1) is 10.2 Å². The van der Waals surface area contributed by atoms with Gasteiger partial charge in [0.1, 0.15) is 6.04 Å². The van der Waals surface area contributed by atoms with E-state index in [1.807, 2.05) is 84.9 Å². The van der Waals surface area contributed by atoms with Crippen molar-refractivity contribution in [1.29, 1.82) is 0 Å². The molecule has 1 aromatic heterocycles. The van der Waals surface area contributed by atoms with Gasteiger partial charge >= 0.3 is 0 Å². The number of hydrogen-bond donors (Lipinski definition) is 3. The molecule has 32 heavy (non-hydrogen) atoms. The molecule has 0 spiro atoms. The lowest BCUT2D eigenvalue weighted by Gasteiger charge is -2.19. The molecule has 0 unspecified atom stereocenters. The Bertz CT molecular complexity index is 1120. The van der Waals surface area contributed by atoms with Crippen LogP contribution in [0.15, 0.2) is 84.9 Å². The third-order valence-electron chi connectivity index (χ3n) is 5.15. The molecule has 0 radical (unpaired) electrons. The minimum Gasteiger partial charge on any atom is -0.350 e. The van der Waals surface area contributed by atoms with Gasteiger partial charge in [-0.15, -0.1) is 0 Å². The fourth-order valence-electron chi connectivity index (χ4n) is 3.46. The highest BCUT2D eigenvalue weighted by molar-refractivity contribution is 7.22. The molecule has 0 aliphatic rings. The molecule has 0 aliphatic heterocycles. The maximum atomic E-state index is 12.6. The van der Waals surface area contributed by atoms with Crippen molar-refractivity contribution in [2.75, 3.05) is 5.32 Å². The van der Waals surface area contributed by atoms with E-state index in [-0.39, 0.29) is 24.2 Å². The summed E-state index contributed by atoms with van der Waals surface area (Å²) in [5, 5.41) is 3.75. The lowest BCUT2D eigenvalue weighted by atomic mass is 9.88. The van der Waals surface area contributed by atoms with E-state index in [0.29, 0.717) is 5.13 Å². The van der Waals surface area contributed by atoms with Crippen LogP contribution in [0, 0.1) is 0 Å². The number of amides is 2. The van der Waals surface area contributed by atoms with Crippen molar-refractivity contribution in [3.05, 3.63) is 96.1 Å². The first kappa shape index (κ1) is 21.5. The zero-order valence-corrected chi connectivity index (χ0v) is 18.4. The number of benzene rings is 3. The van der Waals surface area contributed by atoms with Gasteiger partial charge in [-0.1, -0.05) is 84.1 Å². The molecule has 6 nitrogen and oxygen atoms in total. The number of aromatic nitrogens is 1. The minimum absolute atomic E-state index is 0.104. The normalized spacial score (nSPS) is 11.8. The summed E-state index contributed by atoms with van der Waals surface area (Å²) in [4.78, 5) is 29.6. The molecular formula is C25H24N4O2S. The molecule has 0 saturated heterocycles. The highest BCUT2D eigenvalue weighted by atomic mass is 32.1. The third-order valence-corrected chi connectivity index (χ3v) is 6.11. The lowest BCUT2D eigenvalue weighted by molar-refractivity contribution is -0.129. The number of hydrogen-bond acceptors (Lipinski definition) is 5. The van der Waals surface area contributed by atoms with E-state index in [9.17, 15) is 9.59 Å². The first-order valence-electron chi connectivity index (χ1n) is 10.4. The summed E-state index contributed by atoms with van der Waals surface area (Å²) in [6.07, 6.45) is 0.216. The number of nitrogens with one attached hydrogen (secondary N) is 3. The fraction of sp³-hybridized carbons (Fsp3) is 0.160. The van der Waals surface area contributed by atoms with Gasteiger partial charge in [0, 0.05) is 12.3 Å². The molecule has 1 heterocycles. The molecule has 3 N–H and O–H groups in total. The van der Waals surface area contributed by atoms with Crippen LogP contribution in [0.3, 0.4) is 0 Å². The van der Waals surface area contributed by atoms with E-state index < -0.39 is 6.04 Å². The second-order valence-corrected chi connectivity index (χ2v) is 8.50. The van der Waals surface area contributed by atoms with Gasteiger partial charge in [-0.25, -0.2) is 4.98 Å². The second kappa shape index (κ2) is 10.1. The number of nitrogens with zero attached hydrogens (tertiary/aromatic N) is 1. The standard InChI is InChI=1S/C25H24N4O2S/c1-17(26-25-27-21-14-8-9-15-22(21)32-25)24(31)29-28-23(30)16-20(18-10-4-2-5-11-18)19-12-6-3-7-13-19/h2-15,17,20H,16H2,1H3,(H,26,27)(H,28,30)(H,29,31)/t17-/m1/s1. The first-order chi connectivity index (χ1) is 15.6. The molecule has 162 valence electrons. The average molecular weight is 445 g/mol. The SMILES string of the molecule is C[C@@H](Nc1nc2ccccc2s1)C(=O)NNC(=O)CC(c1ccccc1)c1ccccc1. The molecule has 4 aromatic rings. The number of carbonyl (C=O) groups is 2. The number of fused-ring (bicyclic) bond motifs is 1. The van der Waals surface area contributed by atoms with Crippen LogP contribution in [0.1, 0.15) is 30.4 Å². The topological polar surface area (TPSA) is 83.1 Å². The van der Waals surface area contributed by atoms with Gasteiger partial charge in [0.15, 0.2) is 5.13 Å². The smallest absolute Gasteiger partial charge is 0.260 e. The quantitative estimate of drug-likeness (QED) is 0.367. The number of rotatable bonds is 7. The van der Waals surface area contributed by atoms with Crippen LogP contribution in [0.25, 0.3) is 10.2 Å². The zero-order chi connectivity index (χ0) is 22.3. The number of para-hydroxylation sites is 1. The third kappa shape index (κ3) is 5.31. The van der Waals surface area contributed by atoms with Crippen LogP contribution < -0.4 is 16.2 Å². The number of thiazole rings is 1. The largest absolute Gasteiger partial charge is 0.350 e. The maximum absolute atomic E-state index is 12.6. The Balaban J connectivity index is 1.34. The zero-order valence-electron chi connectivity index (χ0n) is 17.6. The van der Waals surface area contributed by atoms with Gasteiger partial charge < -0.3 is 5.32 Å². The van der Waals surface area contributed by atoms with Crippen molar-refractivity contribution >= 4 is 38.5 Å². The van der Waals surface area contributed by atoms with E-state index in [4.69, 9.17) is 0 Å². The van der Waals surface area contributed by atoms with Crippen LogP contribution in [0.2, 0.25) is 0 Å². The van der Waals surface area contributed by atoms with E-state index >= 15 is 0 Å². The Morgan fingerprint density at radius 2 is 1.44 bits per heavy atom. The van der Waals surface area contributed by atoms with Crippen LogP contribution in [0.5, 0.6) is 0 Å². The monoisotopic (exact) mass is 444 g/mol. The van der Waals surface area contributed by atoms with Crippen molar-refractivity contribution in [1.82, 2.24) is 15.8 Å². The van der Waals surface area contributed by atoms with Gasteiger partial charge in [-0.05, 0) is 30.2 Å². The first-order valence-corrected chi connectivity index (χ1v) is 11.2. The number of hydrazine groups is 1. The van der Waals surface area contributed by atoms with Crippen LogP contribution in [0.4, 0.5) is 5.13 Å². The fourth-order valence-corrected chi connectivity index (χ4v) is 4.41. The predicted octanol–water partition coefficient (Wildman–Crippen LogP) is 4.47. The van der Waals surface area contributed by atoms with E-state index in [1.54, 1.807) is 6.92 Å². The maximum Gasteiger partial charge on any atom is 0.260 e. The summed E-state index contributed by atoms with van der Waals surface area (Å²) in [6, 6.07) is 27.0. The van der Waals surface area contributed by atoms with Crippen molar-refractivity contribution in [3.63, 3.8) is 0 Å². The van der Waals surface area contributed by atoms with Crippen molar-refractivity contribution in [2.24, 2.45) is 0 Å². The van der Waals surface area contributed by atoms with Gasteiger partial charge in [-0.3, -0.25) is 20.4 Å².